The molecule has 6 nitrogen and oxygen atoms in total. The van der Waals surface area contributed by atoms with Crippen molar-refractivity contribution >= 4 is 5.91 Å². The molecule has 24 heavy (non-hydrogen) atoms. The monoisotopic (exact) mass is 328 g/mol. The minimum atomic E-state index is -0.114. The van der Waals surface area contributed by atoms with E-state index in [1.165, 1.54) is 0 Å². The molecule has 2 aromatic heterocycles. The van der Waals surface area contributed by atoms with Gasteiger partial charge in [-0.25, -0.2) is 4.98 Å². The topological polar surface area (TPSA) is 50.6 Å². The minimum Gasteiger partial charge on any atom is -0.471 e. The average Bonchev–Trinajstić information content (AvgIpc) is 2.92. The highest BCUT2D eigenvalue weighted by atomic mass is 16.5. The molecule has 0 saturated heterocycles. The van der Waals surface area contributed by atoms with Gasteiger partial charge < -0.3 is 19.1 Å². The van der Waals surface area contributed by atoms with Gasteiger partial charge in [0.2, 0.25) is 11.8 Å². The molecule has 3 heterocycles. The molecule has 0 aromatic carbocycles. The number of amides is 1. The summed E-state index contributed by atoms with van der Waals surface area (Å²) < 4.78 is 8.19. The van der Waals surface area contributed by atoms with Crippen molar-refractivity contribution in [3.8, 4) is 5.88 Å². The Hall–Kier alpha value is -2.34. The van der Waals surface area contributed by atoms with Gasteiger partial charge in [0.25, 0.3) is 0 Å². The molecule has 1 amide bonds. The van der Waals surface area contributed by atoms with E-state index in [0.29, 0.717) is 25.4 Å². The molecule has 0 spiro atoms. The normalized spacial score (nSPS) is 17.5. The van der Waals surface area contributed by atoms with E-state index in [1.54, 1.807) is 6.20 Å². The first-order valence-electron chi connectivity index (χ1n) is 8.26. The molecule has 0 aliphatic carbocycles. The Morgan fingerprint density at radius 2 is 2.17 bits per heavy atom. The molecule has 0 bridgehead atoms. The van der Waals surface area contributed by atoms with Crippen LogP contribution in [0.2, 0.25) is 0 Å². The van der Waals surface area contributed by atoms with Crippen molar-refractivity contribution in [1.82, 2.24) is 19.4 Å². The highest BCUT2D eigenvalue weighted by Gasteiger charge is 2.26. The molecule has 0 saturated carbocycles. The summed E-state index contributed by atoms with van der Waals surface area (Å²) in [6, 6.07) is 9.69. The van der Waals surface area contributed by atoms with E-state index in [2.05, 4.69) is 15.6 Å². The third-order valence-electron chi connectivity index (χ3n) is 4.15. The van der Waals surface area contributed by atoms with Gasteiger partial charge in [-0.2, -0.15) is 0 Å². The van der Waals surface area contributed by atoms with Crippen molar-refractivity contribution in [3.05, 3.63) is 48.4 Å². The van der Waals surface area contributed by atoms with Gasteiger partial charge >= 0.3 is 0 Å². The van der Waals surface area contributed by atoms with E-state index in [0.717, 1.165) is 18.8 Å². The zero-order valence-corrected chi connectivity index (χ0v) is 14.3. The fourth-order valence-electron chi connectivity index (χ4n) is 2.88. The van der Waals surface area contributed by atoms with E-state index in [4.69, 9.17) is 4.74 Å². The van der Waals surface area contributed by atoms with Crippen LogP contribution in [0.4, 0.5) is 0 Å². The molecule has 0 N–H and O–H groups in total. The highest BCUT2D eigenvalue weighted by Crippen LogP contribution is 2.18. The number of rotatable bonds is 5. The van der Waals surface area contributed by atoms with E-state index >= 15 is 0 Å². The molecule has 1 atom stereocenters. The maximum atomic E-state index is 12.6. The van der Waals surface area contributed by atoms with Crippen LogP contribution in [0.1, 0.15) is 12.1 Å². The van der Waals surface area contributed by atoms with Gasteiger partial charge in [-0.15, -0.1) is 0 Å². The number of ether oxygens (including phenoxy) is 1. The molecule has 3 rings (SSSR count). The molecule has 0 fully saturated rings. The second kappa shape index (κ2) is 7.49. The van der Waals surface area contributed by atoms with Crippen molar-refractivity contribution in [3.63, 3.8) is 0 Å². The number of aromatic nitrogens is 2. The lowest BCUT2D eigenvalue weighted by Gasteiger charge is -2.25. The van der Waals surface area contributed by atoms with Gasteiger partial charge in [-0.1, -0.05) is 6.07 Å². The summed E-state index contributed by atoms with van der Waals surface area (Å²) in [6.45, 7) is 2.67. The van der Waals surface area contributed by atoms with E-state index in [1.807, 2.05) is 54.4 Å². The quantitative estimate of drug-likeness (QED) is 0.837. The zero-order valence-electron chi connectivity index (χ0n) is 14.3. The van der Waals surface area contributed by atoms with Crippen molar-refractivity contribution < 1.29 is 9.53 Å². The Morgan fingerprint density at radius 3 is 2.92 bits per heavy atom. The number of hydrogen-bond acceptors (Lipinski definition) is 4. The Morgan fingerprint density at radius 1 is 1.29 bits per heavy atom. The molecular formula is C18H24N4O2. The van der Waals surface area contributed by atoms with Crippen molar-refractivity contribution in [2.24, 2.45) is 0 Å². The Bertz CT molecular complexity index is 669. The fraction of sp³-hybridized carbons (Fsp3) is 0.444. The lowest BCUT2D eigenvalue weighted by atomic mass is 10.2. The van der Waals surface area contributed by atoms with Crippen molar-refractivity contribution in [1.29, 1.82) is 0 Å². The molecule has 6 heteroatoms. The van der Waals surface area contributed by atoms with Gasteiger partial charge in [0.15, 0.2) is 0 Å². The fourth-order valence-corrected chi connectivity index (χ4v) is 2.88. The third kappa shape index (κ3) is 4.14. The van der Waals surface area contributed by atoms with Gasteiger partial charge in [0, 0.05) is 37.1 Å². The molecule has 1 aliphatic heterocycles. The summed E-state index contributed by atoms with van der Waals surface area (Å²) in [6.07, 6.45) is 4.16. The van der Waals surface area contributed by atoms with Crippen LogP contribution in [0, 0.1) is 0 Å². The number of fused-ring (bicyclic) bond motifs is 1. The maximum Gasteiger partial charge on any atom is 0.224 e. The average molecular weight is 328 g/mol. The van der Waals surface area contributed by atoms with Crippen LogP contribution >= 0.6 is 0 Å². The second-order valence-corrected chi connectivity index (χ2v) is 6.39. The predicted octanol–water partition coefficient (Wildman–Crippen LogP) is 1.62. The molecule has 1 aliphatic rings. The number of carbonyl (C=O) groups excluding carboxylic acids is 1. The predicted molar refractivity (Wildman–Crippen MR) is 91.7 cm³/mol. The minimum absolute atomic E-state index is 0.114. The summed E-state index contributed by atoms with van der Waals surface area (Å²) in [5.74, 6) is 0.756. The molecular weight excluding hydrogens is 304 g/mol. The SMILES string of the molecule is CN(C)CCC(=O)N1Cc2cccn2CC(Oc2ccccn2)C1. The number of carbonyl (C=O) groups is 1. The molecule has 128 valence electrons. The molecule has 2 aromatic rings. The van der Waals surface area contributed by atoms with Crippen LogP contribution in [-0.4, -0.2) is 58.5 Å². The Balaban J connectivity index is 1.74. The lowest BCUT2D eigenvalue weighted by Crippen LogP contribution is -2.39. The zero-order chi connectivity index (χ0) is 16.9. The summed E-state index contributed by atoms with van der Waals surface area (Å²) >= 11 is 0. The first-order valence-corrected chi connectivity index (χ1v) is 8.26. The van der Waals surface area contributed by atoms with Crippen LogP contribution in [0.5, 0.6) is 5.88 Å². The first-order chi connectivity index (χ1) is 11.6. The van der Waals surface area contributed by atoms with E-state index in [-0.39, 0.29) is 12.0 Å². The largest absolute Gasteiger partial charge is 0.471 e. The van der Waals surface area contributed by atoms with E-state index < -0.39 is 0 Å². The third-order valence-corrected chi connectivity index (χ3v) is 4.15. The van der Waals surface area contributed by atoms with Crippen molar-refractivity contribution in [2.45, 2.75) is 25.6 Å². The Labute approximate surface area is 142 Å². The molecule has 1 unspecified atom stereocenters. The number of pyridine rings is 1. The Kier molecular flexibility index (Phi) is 5.15. The maximum absolute atomic E-state index is 12.6. The smallest absolute Gasteiger partial charge is 0.224 e. The first kappa shape index (κ1) is 16.5. The summed E-state index contributed by atoms with van der Waals surface area (Å²) in [5, 5.41) is 0. The molecule has 0 radical (unpaired) electrons. The summed E-state index contributed by atoms with van der Waals surface area (Å²) in [4.78, 5) is 20.8. The van der Waals surface area contributed by atoms with E-state index in [9.17, 15) is 4.79 Å². The van der Waals surface area contributed by atoms with Crippen LogP contribution in [0.15, 0.2) is 42.7 Å². The summed E-state index contributed by atoms with van der Waals surface area (Å²) in [7, 11) is 3.96. The number of nitrogens with zero attached hydrogens (tertiary/aromatic N) is 4. The highest BCUT2D eigenvalue weighted by molar-refractivity contribution is 5.76. The summed E-state index contributed by atoms with van der Waals surface area (Å²) in [5.41, 5.74) is 1.14. The van der Waals surface area contributed by atoms with Gasteiger partial charge in [-0.3, -0.25) is 4.79 Å². The van der Waals surface area contributed by atoms with Gasteiger partial charge in [0.05, 0.1) is 19.6 Å². The van der Waals surface area contributed by atoms with Gasteiger partial charge in [-0.05, 0) is 32.3 Å². The standard InChI is InChI=1S/C18H24N4O2/c1-20(2)11-8-18(23)22-12-15-6-5-10-21(15)13-16(14-22)24-17-7-3-4-9-19-17/h3-7,9-10,16H,8,11-14H2,1-2H3. The second-order valence-electron chi connectivity index (χ2n) is 6.39. The number of hydrogen-bond donors (Lipinski definition) is 0. The van der Waals surface area contributed by atoms with Crippen LogP contribution in [0.3, 0.4) is 0 Å². The van der Waals surface area contributed by atoms with Gasteiger partial charge in [0.1, 0.15) is 6.10 Å². The van der Waals surface area contributed by atoms with Crippen LogP contribution < -0.4 is 4.74 Å². The van der Waals surface area contributed by atoms with Crippen LogP contribution in [-0.2, 0) is 17.9 Å². The van der Waals surface area contributed by atoms with Crippen LogP contribution in [0.25, 0.3) is 0 Å². The van der Waals surface area contributed by atoms with Crippen molar-refractivity contribution in [2.75, 3.05) is 27.2 Å². The lowest BCUT2D eigenvalue weighted by molar-refractivity contribution is -0.133.